The van der Waals surface area contributed by atoms with E-state index in [4.69, 9.17) is 0 Å². The van der Waals surface area contributed by atoms with Crippen molar-refractivity contribution in [2.75, 3.05) is 4.90 Å². The van der Waals surface area contributed by atoms with Gasteiger partial charge < -0.3 is 10.2 Å². The van der Waals surface area contributed by atoms with E-state index in [1.807, 2.05) is 6.92 Å². The van der Waals surface area contributed by atoms with E-state index in [0.717, 1.165) is 32.1 Å². The molecule has 5 aliphatic carbocycles. The second-order valence-corrected chi connectivity index (χ2v) is 13.0. The van der Waals surface area contributed by atoms with E-state index in [9.17, 15) is 24.6 Å². The van der Waals surface area contributed by atoms with Crippen molar-refractivity contribution in [1.82, 2.24) is 0 Å². The molecule has 1 saturated heterocycles. The summed E-state index contributed by atoms with van der Waals surface area (Å²) in [6, 6.07) is 6.33. The van der Waals surface area contributed by atoms with E-state index in [1.165, 1.54) is 22.6 Å². The van der Waals surface area contributed by atoms with Crippen molar-refractivity contribution >= 4 is 23.5 Å². The summed E-state index contributed by atoms with van der Waals surface area (Å²) in [5, 5.41) is 20.0. The molecule has 6 nitrogen and oxygen atoms in total. The predicted octanol–water partition coefficient (Wildman–Crippen LogP) is 5.41. The van der Waals surface area contributed by atoms with E-state index in [0.29, 0.717) is 18.0 Å². The second kappa shape index (κ2) is 7.45. The van der Waals surface area contributed by atoms with Crippen LogP contribution in [0.15, 0.2) is 35.9 Å². The molecule has 192 valence electrons. The maximum Gasteiger partial charge on any atom is 0.309 e. The lowest BCUT2D eigenvalue weighted by Gasteiger charge is -2.68. The van der Waals surface area contributed by atoms with Crippen LogP contribution in [0.3, 0.4) is 0 Å². The number of phenols is 1. The molecule has 6 aliphatic rings. The monoisotopic (exact) mass is 491 g/mol. The van der Waals surface area contributed by atoms with Gasteiger partial charge in [0.15, 0.2) is 0 Å². The maximum atomic E-state index is 14.2. The Hall–Kier alpha value is -2.63. The summed E-state index contributed by atoms with van der Waals surface area (Å²) < 4.78 is 0. The highest BCUT2D eigenvalue weighted by molar-refractivity contribution is 6.23. The number of carbonyl (C=O) groups is 3. The molecule has 1 aliphatic heterocycles. The van der Waals surface area contributed by atoms with Crippen molar-refractivity contribution in [2.45, 2.75) is 66.2 Å². The summed E-state index contributed by atoms with van der Waals surface area (Å²) in [4.78, 5) is 42.0. The van der Waals surface area contributed by atoms with Gasteiger partial charge in [0.05, 0.1) is 22.9 Å². The molecule has 2 amide bonds. The van der Waals surface area contributed by atoms with Crippen molar-refractivity contribution in [3.05, 3.63) is 35.9 Å². The summed E-state index contributed by atoms with van der Waals surface area (Å²) >= 11 is 0. The first kappa shape index (κ1) is 23.7. The summed E-state index contributed by atoms with van der Waals surface area (Å²) in [7, 11) is 0. The zero-order chi connectivity index (χ0) is 25.8. The first-order chi connectivity index (χ1) is 17.0. The number of carboxylic acids is 1. The molecule has 3 saturated carbocycles. The average molecular weight is 492 g/mol. The molecule has 0 unspecified atom stereocenters. The van der Waals surface area contributed by atoms with Gasteiger partial charge in [-0.1, -0.05) is 38.8 Å². The molecule has 1 spiro atoms. The number of aliphatic carboxylic acids is 1. The zero-order valence-electron chi connectivity index (χ0n) is 21.7. The fraction of sp³-hybridized carbons (Fsp3) is 0.633. The van der Waals surface area contributed by atoms with E-state index in [-0.39, 0.29) is 46.7 Å². The molecule has 1 aromatic rings. The Morgan fingerprint density at radius 1 is 1.03 bits per heavy atom. The van der Waals surface area contributed by atoms with Gasteiger partial charge in [-0.3, -0.25) is 19.3 Å². The van der Waals surface area contributed by atoms with Crippen LogP contribution in [0.4, 0.5) is 5.69 Å². The number of hydrogen-bond donors (Lipinski definition) is 2. The van der Waals surface area contributed by atoms with Crippen LogP contribution in [0, 0.1) is 51.8 Å². The number of benzene rings is 1. The van der Waals surface area contributed by atoms with Gasteiger partial charge in [0.1, 0.15) is 5.75 Å². The number of phenolic OH excluding ortho intramolecular Hbond substituents is 1. The van der Waals surface area contributed by atoms with E-state index in [1.54, 1.807) is 12.1 Å². The Morgan fingerprint density at radius 2 is 1.72 bits per heavy atom. The number of amides is 2. The number of anilines is 1. The number of nitrogens with zero attached hydrogens (tertiary/aromatic N) is 1. The van der Waals surface area contributed by atoms with Crippen LogP contribution < -0.4 is 4.90 Å². The smallest absolute Gasteiger partial charge is 0.309 e. The highest BCUT2D eigenvalue weighted by atomic mass is 16.4. The van der Waals surface area contributed by atoms with Crippen LogP contribution in [-0.4, -0.2) is 28.0 Å². The lowest BCUT2D eigenvalue weighted by Crippen LogP contribution is -2.65. The van der Waals surface area contributed by atoms with Gasteiger partial charge in [-0.2, -0.15) is 0 Å². The molecule has 1 aromatic carbocycles. The molecule has 8 atom stereocenters. The summed E-state index contributed by atoms with van der Waals surface area (Å²) in [6.45, 7) is 8.59. The van der Waals surface area contributed by atoms with Gasteiger partial charge in [-0.05, 0) is 92.4 Å². The molecule has 2 bridgehead atoms. The molecular formula is C30H37NO5. The van der Waals surface area contributed by atoms with E-state index in [2.05, 4.69) is 26.8 Å². The topological polar surface area (TPSA) is 94.9 Å². The molecule has 0 aromatic heterocycles. The predicted molar refractivity (Wildman–Crippen MR) is 135 cm³/mol. The van der Waals surface area contributed by atoms with Crippen LogP contribution >= 0.6 is 0 Å². The molecule has 4 fully saturated rings. The summed E-state index contributed by atoms with van der Waals surface area (Å²) in [6.07, 6.45) is 7.35. The van der Waals surface area contributed by atoms with Crippen molar-refractivity contribution in [1.29, 1.82) is 0 Å². The number of fused-ring (bicyclic) bond motifs is 1. The summed E-state index contributed by atoms with van der Waals surface area (Å²) in [5.41, 5.74) is 0.482. The number of rotatable bonds is 3. The van der Waals surface area contributed by atoms with E-state index >= 15 is 0 Å². The summed E-state index contributed by atoms with van der Waals surface area (Å²) in [5.74, 6) is -1.04. The number of aromatic hydroxyl groups is 1. The van der Waals surface area contributed by atoms with Crippen LogP contribution in [-0.2, 0) is 14.4 Å². The first-order valence-electron chi connectivity index (χ1n) is 13.6. The van der Waals surface area contributed by atoms with Crippen LogP contribution in [0.5, 0.6) is 5.75 Å². The van der Waals surface area contributed by atoms with Gasteiger partial charge in [-0.15, -0.1) is 0 Å². The third-order valence-electron chi connectivity index (χ3n) is 11.3. The fourth-order valence-corrected chi connectivity index (χ4v) is 9.81. The minimum atomic E-state index is -0.747. The highest BCUT2D eigenvalue weighted by Crippen LogP contribution is 2.74. The average Bonchev–Trinajstić information content (AvgIpc) is 3.11. The zero-order valence-corrected chi connectivity index (χ0v) is 21.7. The Labute approximate surface area is 212 Å². The second-order valence-electron chi connectivity index (χ2n) is 13.0. The minimum absolute atomic E-state index is 0.00836. The van der Waals surface area contributed by atoms with Gasteiger partial charge in [0.2, 0.25) is 11.8 Å². The Balaban J connectivity index is 1.49. The molecular weight excluding hydrogens is 454 g/mol. The number of carbonyl (C=O) groups excluding carboxylic acids is 2. The normalized spacial score (nSPS) is 43.2. The van der Waals surface area contributed by atoms with Crippen molar-refractivity contribution < 1.29 is 24.6 Å². The van der Waals surface area contributed by atoms with Crippen LogP contribution in [0.1, 0.15) is 66.2 Å². The van der Waals surface area contributed by atoms with Crippen LogP contribution in [0.25, 0.3) is 0 Å². The Bertz CT molecular complexity index is 1190. The van der Waals surface area contributed by atoms with Crippen LogP contribution in [0.2, 0.25) is 0 Å². The SMILES string of the molecule is CC(C)C1=C[C@]23CC[C@H]4[C@](C)(CCC[C@@]4(C)C(=O)O)[C@@H]2C[C@H]1[C@H]1C(=O)N(c2ccc(O)cc2)C(=O)[C@H]13. The standard InChI is InChI=1S/C30H37NO5/c1-16(2)20-15-30-13-10-21-28(3,11-5-12-29(21,4)27(35)36)22(30)14-19(20)23-24(30)26(34)31(25(23)33)17-6-8-18(32)9-7-17/h6-9,15-16,19,21-24,32H,5,10-14H2,1-4H3,(H,35,36)/t19-,21+,22+,23-,24+,28+,29-,30-/m1/s1. The molecule has 36 heavy (non-hydrogen) atoms. The number of allylic oxidation sites excluding steroid dienone is 2. The van der Waals surface area contributed by atoms with Crippen molar-refractivity contribution in [3.63, 3.8) is 0 Å². The van der Waals surface area contributed by atoms with E-state index < -0.39 is 22.7 Å². The Morgan fingerprint density at radius 3 is 2.36 bits per heavy atom. The van der Waals surface area contributed by atoms with Gasteiger partial charge in [0, 0.05) is 5.41 Å². The quantitative estimate of drug-likeness (QED) is 0.436. The third kappa shape index (κ3) is 2.76. The molecule has 6 heteroatoms. The van der Waals surface area contributed by atoms with Gasteiger partial charge >= 0.3 is 5.97 Å². The van der Waals surface area contributed by atoms with Gasteiger partial charge in [0.25, 0.3) is 0 Å². The van der Waals surface area contributed by atoms with Gasteiger partial charge in [-0.25, -0.2) is 0 Å². The highest BCUT2D eigenvalue weighted by Gasteiger charge is 2.73. The lowest BCUT2D eigenvalue weighted by atomic mass is 9.34. The third-order valence-corrected chi connectivity index (χ3v) is 11.3. The number of hydrogen-bond acceptors (Lipinski definition) is 4. The molecule has 0 radical (unpaired) electrons. The number of carboxylic acid groups (broad SMARTS) is 1. The largest absolute Gasteiger partial charge is 0.508 e. The maximum absolute atomic E-state index is 14.2. The molecule has 1 heterocycles. The van der Waals surface area contributed by atoms with Crippen molar-refractivity contribution in [2.24, 2.45) is 51.8 Å². The first-order valence-corrected chi connectivity index (χ1v) is 13.6. The molecule has 7 rings (SSSR count). The Kier molecular flexibility index (Phi) is 4.92. The number of imide groups is 1. The molecule has 2 N–H and O–H groups in total. The lowest BCUT2D eigenvalue weighted by molar-refractivity contribution is -0.194. The fourth-order valence-electron chi connectivity index (χ4n) is 9.81. The van der Waals surface area contributed by atoms with Crippen molar-refractivity contribution in [3.8, 4) is 5.75 Å². The minimum Gasteiger partial charge on any atom is -0.508 e.